The molecule has 0 bridgehead atoms. The number of allylic oxidation sites excluding steroid dienone is 1. The first-order chi connectivity index (χ1) is 16.8. The predicted octanol–water partition coefficient (Wildman–Crippen LogP) is 5.07. The van der Waals surface area contributed by atoms with Gasteiger partial charge in [-0.1, -0.05) is 30.3 Å². The first-order valence-electron chi connectivity index (χ1n) is 11.0. The number of carbonyl (C=O) groups is 1. The zero-order valence-electron chi connectivity index (χ0n) is 20.0. The van der Waals surface area contributed by atoms with Gasteiger partial charge >= 0.3 is 5.69 Å². The van der Waals surface area contributed by atoms with Crippen molar-refractivity contribution in [3.63, 3.8) is 0 Å². The van der Waals surface area contributed by atoms with Crippen molar-refractivity contribution in [2.75, 3.05) is 14.2 Å². The van der Waals surface area contributed by atoms with Crippen molar-refractivity contribution in [1.29, 1.82) is 0 Å². The van der Waals surface area contributed by atoms with Crippen LogP contribution in [0.4, 0.5) is 0 Å². The summed E-state index contributed by atoms with van der Waals surface area (Å²) in [5.74, 6) is 0.133. The normalized spacial score (nSPS) is 11.1. The van der Waals surface area contributed by atoms with Gasteiger partial charge in [0, 0.05) is 11.8 Å². The van der Waals surface area contributed by atoms with Gasteiger partial charge < -0.3 is 19.6 Å². The van der Waals surface area contributed by atoms with Crippen LogP contribution in [0.1, 0.15) is 27.0 Å². The third-order valence-corrected chi connectivity index (χ3v) is 5.87. The number of imidazole rings is 1. The summed E-state index contributed by atoms with van der Waals surface area (Å²) >= 11 is 0. The molecule has 7 nitrogen and oxygen atoms in total. The van der Waals surface area contributed by atoms with Crippen molar-refractivity contribution in [2.45, 2.75) is 13.8 Å². The molecule has 0 saturated carbocycles. The van der Waals surface area contributed by atoms with Crippen molar-refractivity contribution in [1.82, 2.24) is 9.55 Å². The minimum atomic E-state index is -0.290. The molecular formula is C28H26N2O5. The van der Waals surface area contributed by atoms with E-state index in [2.05, 4.69) is 4.98 Å². The number of methoxy groups -OCH3 is 2. The van der Waals surface area contributed by atoms with Gasteiger partial charge in [-0.25, -0.2) is 4.79 Å². The highest BCUT2D eigenvalue weighted by Gasteiger charge is 2.12. The highest BCUT2D eigenvalue weighted by molar-refractivity contribution is 6.07. The Labute approximate surface area is 202 Å². The van der Waals surface area contributed by atoms with Crippen LogP contribution in [0.5, 0.6) is 17.2 Å². The molecule has 4 rings (SSSR count). The lowest BCUT2D eigenvalue weighted by molar-refractivity contribution is 0.104. The van der Waals surface area contributed by atoms with Gasteiger partial charge in [-0.05, 0) is 72.5 Å². The first kappa shape index (κ1) is 23.6. The quantitative estimate of drug-likeness (QED) is 0.291. The van der Waals surface area contributed by atoms with Crippen molar-refractivity contribution in [3.8, 4) is 34.2 Å². The predicted molar refractivity (Wildman–Crippen MR) is 136 cm³/mol. The summed E-state index contributed by atoms with van der Waals surface area (Å²) in [7, 11) is 2.87. The number of aryl methyl sites for hydroxylation is 2. The smallest absolute Gasteiger partial charge is 0.330 e. The van der Waals surface area contributed by atoms with E-state index >= 15 is 0 Å². The molecular weight excluding hydrogens is 444 g/mol. The Bertz CT molecular complexity index is 1470. The fourth-order valence-corrected chi connectivity index (χ4v) is 3.73. The maximum Gasteiger partial charge on any atom is 0.330 e. The van der Waals surface area contributed by atoms with Crippen molar-refractivity contribution in [3.05, 3.63) is 99.6 Å². The standard InChI is InChI=1S/C28H26N2O5/c1-17-8-10-20(12-18(17)2)23-16-30(28(33)29-23)22-7-5-6-21(15-22)24(31)11-9-19-13-25(34-3)27(32)26(14-19)35-4/h5-16,32H,1-4H3,(H,29,33). The van der Waals surface area contributed by atoms with Gasteiger partial charge in [0.15, 0.2) is 17.3 Å². The number of phenols is 1. The van der Waals surface area contributed by atoms with E-state index in [1.165, 1.54) is 30.4 Å². The molecule has 0 spiro atoms. The Hall–Kier alpha value is -4.52. The van der Waals surface area contributed by atoms with Crippen LogP contribution in [-0.4, -0.2) is 34.7 Å². The Balaban J connectivity index is 1.61. The molecule has 178 valence electrons. The lowest BCUT2D eigenvalue weighted by Crippen LogP contribution is -2.14. The SMILES string of the molecule is COc1cc(C=CC(=O)c2cccc(-n3cc(-c4ccc(C)c(C)c4)[nH]c3=O)c2)cc(OC)c1O. The lowest BCUT2D eigenvalue weighted by Gasteiger charge is -2.09. The van der Waals surface area contributed by atoms with Gasteiger partial charge in [-0.15, -0.1) is 0 Å². The van der Waals surface area contributed by atoms with E-state index in [1.54, 1.807) is 48.7 Å². The Morgan fingerprint density at radius 1 is 0.971 bits per heavy atom. The molecule has 0 unspecified atom stereocenters. The summed E-state index contributed by atoms with van der Waals surface area (Å²) in [6.07, 6.45) is 4.77. The second-order valence-corrected chi connectivity index (χ2v) is 8.16. The number of rotatable bonds is 7. The summed E-state index contributed by atoms with van der Waals surface area (Å²) in [6, 6.07) is 16.1. The molecule has 2 N–H and O–H groups in total. The number of carbonyl (C=O) groups excluding carboxylic acids is 1. The van der Waals surface area contributed by atoms with E-state index in [0.717, 1.165) is 11.1 Å². The molecule has 3 aromatic carbocycles. The van der Waals surface area contributed by atoms with Crippen LogP contribution in [0.25, 0.3) is 23.0 Å². The number of nitrogens with zero attached hydrogens (tertiary/aromatic N) is 1. The maximum absolute atomic E-state index is 12.9. The molecule has 0 aliphatic rings. The van der Waals surface area contributed by atoms with Crippen molar-refractivity contribution < 1.29 is 19.4 Å². The van der Waals surface area contributed by atoms with E-state index in [4.69, 9.17) is 9.47 Å². The number of hydrogen-bond donors (Lipinski definition) is 2. The number of benzene rings is 3. The van der Waals surface area contributed by atoms with Gasteiger partial charge in [0.2, 0.25) is 5.75 Å². The molecule has 35 heavy (non-hydrogen) atoms. The zero-order chi connectivity index (χ0) is 25.1. The monoisotopic (exact) mass is 470 g/mol. The summed E-state index contributed by atoms with van der Waals surface area (Å²) in [5, 5.41) is 10.1. The number of phenolic OH excluding ortho intramolecular Hbond substituents is 1. The number of aromatic hydroxyl groups is 1. The fourth-order valence-electron chi connectivity index (χ4n) is 3.73. The molecule has 0 radical (unpaired) electrons. The van der Waals surface area contributed by atoms with Crippen LogP contribution in [-0.2, 0) is 0 Å². The van der Waals surface area contributed by atoms with Crippen molar-refractivity contribution >= 4 is 11.9 Å². The number of aromatic amines is 1. The number of ether oxygens (including phenoxy) is 2. The third-order valence-electron chi connectivity index (χ3n) is 5.87. The third kappa shape index (κ3) is 4.89. The average molecular weight is 471 g/mol. The number of hydrogen-bond acceptors (Lipinski definition) is 5. The van der Waals surface area contributed by atoms with Crippen LogP contribution >= 0.6 is 0 Å². The molecule has 0 saturated heterocycles. The van der Waals surface area contributed by atoms with E-state index in [9.17, 15) is 14.7 Å². The maximum atomic E-state index is 12.9. The summed E-state index contributed by atoms with van der Waals surface area (Å²) in [5.41, 5.74) is 5.27. The largest absolute Gasteiger partial charge is 0.502 e. The Morgan fingerprint density at radius 3 is 2.34 bits per heavy atom. The van der Waals surface area contributed by atoms with E-state index in [1.807, 2.05) is 32.0 Å². The highest BCUT2D eigenvalue weighted by atomic mass is 16.5. The minimum Gasteiger partial charge on any atom is -0.502 e. The molecule has 1 aromatic heterocycles. The Morgan fingerprint density at radius 2 is 1.69 bits per heavy atom. The van der Waals surface area contributed by atoms with Crippen LogP contribution in [0.15, 0.2) is 71.7 Å². The van der Waals surface area contributed by atoms with Gasteiger partial charge in [-0.3, -0.25) is 9.36 Å². The second-order valence-electron chi connectivity index (χ2n) is 8.16. The summed E-state index contributed by atoms with van der Waals surface area (Å²) in [4.78, 5) is 28.4. The van der Waals surface area contributed by atoms with Gasteiger partial charge in [0.05, 0.1) is 25.6 Å². The lowest BCUT2D eigenvalue weighted by atomic mass is 10.0. The molecule has 1 heterocycles. The number of nitrogens with one attached hydrogen (secondary N) is 1. The van der Waals surface area contributed by atoms with Crippen LogP contribution in [0.3, 0.4) is 0 Å². The average Bonchev–Trinajstić information content (AvgIpc) is 3.26. The van der Waals surface area contributed by atoms with Crippen LogP contribution in [0.2, 0.25) is 0 Å². The second kappa shape index (κ2) is 9.77. The molecule has 4 aromatic rings. The van der Waals surface area contributed by atoms with E-state index in [-0.39, 0.29) is 28.7 Å². The highest BCUT2D eigenvalue weighted by Crippen LogP contribution is 2.37. The van der Waals surface area contributed by atoms with Gasteiger partial charge in [-0.2, -0.15) is 0 Å². The van der Waals surface area contributed by atoms with E-state index < -0.39 is 0 Å². The van der Waals surface area contributed by atoms with Gasteiger partial charge in [0.25, 0.3) is 0 Å². The molecule has 0 amide bonds. The molecule has 0 aliphatic carbocycles. The van der Waals surface area contributed by atoms with Crippen LogP contribution in [0, 0.1) is 13.8 Å². The summed E-state index contributed by atoms with van der Waals surface area (Å²) < 4.78 is 11.8. The number of aromatic nitrogens is 2. The molecule has 0 atom stereocenters. The number of H-pyrrole nitrogens is 1. The number of ketones is 1. The summed E-state index contributed by atoms with van der Waals surface area (Å²) in [6.45, 7) is 4.07. The molecule has 0 aliphatic heterocycles. The van der Waals surface area contributed by atoms with Crippen molar-refractivity contribution in [2.24, 2.45) is 0 Å². The first-order valence-corrected chi connectivity index (χ1v) is 11.0. The van der Waals surface area contributed by atoms with Gasteiger partial charge in [0.1, 0.15) is 0 Å². The van der Waals surface area contributed by atoms with E-state index in [0.29, 0.717) is 22.5 Å². The topological polar surface area (TPSA) is 93.6 Å². The minimum absolute atomic E-state index is 0.108. The fraction of sp³-hybridized carbons (Fsp3) is 0.143. The molecule has 7 heteroatoms. The Kier molecular flexibility index (Phi) is 6.59. The molecule has 0 fully saturated rings. The zero-order valence-corrected chi connectivity index (χ0v) is 20.0. The van der Waals surface area contributed by atoms with Crippen LogP contribution < -0.4 is 15.2 Å².